The van der Waals surface area contributed by atoms with Gasteiger partial charge in [0.05, 0.1) is 0 Å². The molecule has 9 heteroatoms. The van der Waals surface area contributed by atoms with Crippen LogP contribution in [0, 0.1) is 0 Å². The molecule has 0 spiro atoms. The number of rotatable bonds is 2. The van der Waals surface area contributed by atoms with E-state index in [1.54, 1.807) is 0 Å². The second-order valence-corrected chi connectivity index (χ2v) is 3.85. The van der Waals surface area contributed by atoms with Gasteiger partial charge in [-0.2, -0.15) is 0 Å². The largest absolute Gasteiger partial charge is 0.409 e. The van der Waals surface area contributed by atoms with Crippen molar-refractivity contribution in [3.05, 3.63) is 28.2 Å². The first-order valence-electron chi connectivity index (χ1n) is 5.17. The second-order valence-electron chi connectivity index (χ2n) is 3.85. The molecule has 1 radical (unpaired) electrons. The van der Waals surface area contributed by atoms with E-state index in [2.05, 4.69) is 10.1 Å². The predicted octanol–water partition coefficient (Wildman–Crippen LogP) is -2.48. The van der Waals surface area contributed by atoms with Crippen molar-refractivity contribution in [1.29, 1.82) is 0 Å². The predicted molar refractivity (Wildman–Crippen MR) is 53.9 cm³/mol. The molecule has 2 rings (SSSR count). The van der Waals surface area contributed by atoms with Crippen molar-refractivity contribution in [2.45, 2.75) is 24.5 Å². The number of nitrogens with one attached hydrogen (secondary N) is 1. The highest BCUT2D eigenvalue weighted by Crippen LogP contribution is 2.27. The molecule has 99 valence electrons. The van der Waals surface area contributed by atoms with Gasteiger partial charge in [0.25, 0.3) is 0 Å². The minimum atomic E-state index is -1.38. The van der Waals surface area contributed by atoms with Crippen molar-refractivity contribution in [3.63, 3.8) is 0 Å². The number of H-pyrrole nitrogens is 1. The number of aromatic amines is 1. The van der Waals surface area contributed by atoms with E-state index in [1.807, 2.05) is 0 Å². The summed E-state index contributed by atoms with van der Waals surface area (Å²) >= 11 is 0. The van der Waals surface area contributed by atoms with Gasteiger partial charge in [0, 0.05) is 12.3 Å². The smallest absolute Gasteiger partial charge is 0.329 e. The number of aliphatic hydroxyl groups excluding tert-OH is 2. The highest BCUT2D eigenvalue weighted by atomic mass is 16.6. The van der Waals surface area contributed by atoms with Crippen LogP contribution >= 0.6 is 0 Å². The molecule has 0 amide bonds. The van der Waals surface area contributed by atoms with Gasteiger partial charge in [0.15, 0.2) is 11.7 Å². The Hall–Kier alpha value is -1.68. The molecule has 1 saturated heterocycles. The third-order valence-electron chi connectivity index (χ3n) is 2.75. The maximum atomic E-state index is 11.6. The van der Waals surface area contributed by atoms with Gasteiger partial charge < -0.3 is 20.2 Å². The first-order chi connectivity index (χ1) is 8.58. The standard InChI is InChI=1S/C9H12N3O6/c13-3-4-6(14)7(15)8(18-4)12-2-1-5(11-17)10-9(12)16/h1-2,4,6-8,14-15,17H,3H2,(H,10,11,16)/t4-,6-,7-,8-/m1/s1. The van der Waals surface area contributed by atoms with Gasteiger partial charge in [0.2, 0.25) is 0 Å². The van der Waals surface area contributed by atoms with E-state index >= 15 is 0 Å². The van der Waals surface area contributed by atoms with Gasteiger partial charge in [0.1, 0.15) is 24.9 Å². The lowest BCUT2D eigenvalue weighted by Crippen LogP contribution is -2.37. The molecule has 0 aliphatic carbocycles. The molecule has 2 heterocycles. The van der Waals surface area contributed by atoms with Gasteiger partial charge in [-0.15, -0.1) is 0 Å². The van der Waals surface area contributed by atoms with Gasteiger partial charge in [-0.25, -0.2) is 9.90 Å². The maximum absolute atomic E-state index is 11.6. The maximum Gasteiger partial charge on any atom is 0.329 e. The summed E-state index contributed by atoms with van der Waals surface area (Å²) in [5.41, 5.74) is -0.766. The molecule has 4 atom stereocenters. The van der Waals surface area contributed by atoms with Gasteiger partial charge in [-0.1, -0.05) is 5.16 Å². The minimum absolute atomic E-state index is 0.0651. The summed E-state index contributed by atoms with van der Waals surface area (Å²) in [5.74, 6) is 0. The van der Waals surface area contributed by atoms with E-state index in [1.165, 1.54) is 12.3 Å². The summed E-state index contributed by atoms with van der Waals surface area (Å²) in [7, 11) is 0. The van der Waals surface area contributed by atoms with Crippen LogP contribution in [0.1, 0.15) is 6.23 Å². The van der Waals surface area contributed by atoms with Crippen molar-refractivity contribution < 1.29 is 25.3 Å². The molecule has 1 aliphatic rings. The third kappa shape index (κ3) is 2.04. The van der Waals surface area contributed by atoms with Gasteiger partial charge in [-0.3, -0.25) is 9.55 Å². The van der Waals surface area contributed by atoms with Crippen molar-refractivity contribution in [2.75, 3.05) is 6.61 Å². The molecule has 4 N–H and O–H groups in total. The lowest BCUT2D eigenvalue weighted by atomic mass is 10.1. The van der Waals surface area contributed by atoms with Crippen molar-refractivity contribution in [3.8, 4) is 0 Å². The Balaban J connectivity index is 2.36. The van der Waals surface area contributed by atoms with Crippen molar-refractivity contribution >= 4 is 0 Å². The van der Waals surface area contributed by atoms with Crippen LogP contribution in [-0.4, -0.2) is 49.9 Å². The quantitative estimate of drug-likeness (QED) is 0.343. The average Bonchev–Trinajstić information content (AvgIpc) is 2.66. The Morgan fingerprint density at radius 1 is 1.44 bits per heavy atom. The number of nitrogens with zero attached hydrogens (tertiary/aromatic N) is 2. The molecule has 9 nitrogen and oxygen atoms in total. The molecule has 1 aromatic rings. The number of aliphatic hydroxyl groups is 2. The van der Waals surface area contributed by atoms with Crippen LogP contribution in [0.15, 0.2) is 22.2 Å². The number of aromatic nitrogens is 2. The Morgan fingerprint density at radius 2 is 2.17 bits per heavy atom. The second kappa shape index (κ2) is 4.90. The molecule has 0 unspecified atom stereocenters. The zero-order valence-corrected chi connectivity index (χ0v) is 9.13. The molecule has 1 fully saturated rings. The molecule has 0 saturated carbocycles. The lowest BCUT2D eigenvalue weighted by Gasteiger charge is -2.16. The van der Waals surface area contributed by atoms with Crippen LogP contribution in [-0.2, 0) is 9.84 Å². The zero-order chi connectivity index (χ0) is 13.3. The molecular weight excluding hydrogens is 246 g/mol. The fourth-order valence-corrected chi connectivity index (χ4v) is 1.79. The SMILES string of the molecule is [O]C[C@H]1O[C@@H](n2cc/c(=N/O)[nH]c2=O)[C@H](O)[C@@H]1O. The summed E-state index contributed by atoms with van der Waals surface area (Å²) in [6.07, 6.45) is -3.73. The number of hydrogen-bond donors (Lipinski definition) is 4. The Morgan fingerprint density at radius 3 is 2.67 bits per heavy atom. The fourth-order valence-electron chi connectivity index (χ4n) is 1.79. The number of hydrogen-bond acceptors (Lipinski definition) is 6. The summed E-state index contributed by atoms with van der Waals surface area (Å²) in [4.78, 5) is 13.8. The molecule has 0 aromatic carbocycles. The zero-order valence-electron chi connectivity index (χ0n) is 9.13. The minimum Gasteiger partial charge on any atom is -0.409 e. The molecule has 0 bridgehead atoms. The van der Waals surface area contributed by atoms with Crippen LogP contribution in [0.2, 0.25) is 0 Å². The summed E-state index contributed by atoms with van der Waals surface area (Å²) in [6.45, 7) is -0.725. The molecule has 1 aliphatic heterocycles. The van der Waals surface area contributed by atoms with Crippen LogP contribution in [0.5, 0.6) is 0 Å². The highest BCUT2D eigenvalue weighted by Gasteiger charge is 2.43. The van der Waals surface area contributed by atoms with Crippen LogP contribution in [0.25, 0.3) is 0 Å². The summed E-state index contributed by atoms with van der Waals surface area (Å²) in [5, 5.41) is 41.2. The Kier molecular flexibility index (Phi) is 3.48. The van der Waals surface area contributed by atoms with E-state index < -0.39 is 36.8 Å². The molecular formula is C9H12N3O6. The molecule has 1 aromatic heterocycles. The Labute approximate surface area is 100 Å². The third-order valence-corrected chi connectivity index (χ3v) is 2.75. The summed E-state index contributed by atoms with van der Waals surface area (Å²) in [6, 6.07) is 1.27. The van der Waals surface area contributed by atoms with Gasteiger partial charge in [-0.05, 0) is 0 Å². The molecule has 18 heavy (non-hydrogen) atoms. The van der Waals surface area contributed by atoms with E-state index in [-0.39, 0.29) is 5.49 Å². The van der Waals surface area contributed by atoms with E-state index in [4.69, 9.17) is 9.94 Å². The fraction of sp³-hybridized carbons (Fsp3) is 0.556. The van der Waals surface area contributed by atoms with Crippen molar-refractivity contribution in [2.24, 2.45) is 5.16 Å². The Bertz CT molecular complexity index is 538. The van der Waals surface area contributed by atoms with Crippen molar-refractivity contribution in [1.82, 2.24) is 9.55 Å². The summed E-state index contributed by atoms with van der Waals surface area (Å²) < 4.78 is 6.08. The van der Waals surface area contributed by atoms with Crippen LogP contribution < -0.4 is 11.2 Å². The average molecular weight is 258 g/mol. The number of ether oxygens (including phenoxy) is 1. The van der Waals surface area contributed by atoms with E-state index in [0.29, 0.717) is 0 Å². The monoisotopic (exact) mass is 258 g/mol. The van der Waals surface area contributed by atoms with E-state index in [9.17, 15) is 20.1 Å². The topological polar surface area (TPSA) is 140 Å². The normalized spacial score (nSPS) is 32.9. The first kappa shape index (κ1) is 12.8. The lowest BCUT2D eigenvalue weighted by molar-refractivity contribution is -0.0656. The van der Waals surface area contributed by atoms with Gasteiger partial charge >= 0.3 is 5.69 Å². The highest BCUT2D eigenvalue weighted by molar-refractivity contribution is 4.92. The van der Waals surface area contributed by atoms with Crippen LogP contribution in [0.4, 0.5) is 0 Å². The van der Waals surface area contributed by atoms with E-state index in [0.717, 1.165) is 4.57 Å². The first-order valence-corrected chi connectivity index (χ1v) is 5.17. The van der Waals surface area contributed by atoms with Crippen LogP contribution in [0.3, 0.4) is 0 Å².